The van der Waals surface area contributed by atoms with E-state index in [2.05, 4.69) is 10.6 Å². The number of halogens is 2. The number of anilines is 1. The van der Waals surface area contributed by atoms with Gasteiger partial charge in [-0.3, -0.25) is 19.7 Å². The third-order valence-corrected chi connectivity index (χ3v) is 3.89. The van der Waals surface area contributed by atoms with Crippen LogP contribution in [0.4, 0.5) is 10.5 Å². The van der Waals surface area contributed by atoms with Gasteiger partial charge in [0.2, 0.25) is 11.8 Å². The fourth-order valence-electron chi connectivity index (χ4n) is 1.49. The normalized spacial score (nSPS) is 18.3. The van der Waals surface area contributed by atoms with Gasteiger partial charge in [-0.1, -0.05) is 35.0 Å². The van der Waals surface area contributed by atoms with E-state index in [1.54, 1.807) is 12.1 Å². The Labute approximate surface area is 123 Å². The monoisotopic (exact) mass is 318 g/mol. The van der Waals surface area contributed by atoms with Crippen LogP contribution in [0.3, 0.4) is 0 Å². The average Bonchev–Trinajstić information content (AvgIpc) is 2.62. The largest absolute Gasteiger partial charge is 0.325 e. The summed E-state index contributed by atoms with van der Waals surface area (Å²) in [5.74, 6) is -0.867. The Bertz CT molecular complexity index is 565. The molecule has 1 aromatic carbocycles. The molecule has 5 nitrogen and oxygen atoms in total. The summed E-state index contributed by atoms with van der Waals surface area (Å²) in [7, 11) is 0. The number of thioether (sulfide) groups is 1. The molecule has 0 radical (unpaired) electrons. The third kappa shape index (κ3) is 3.62. The van der Waals surface area contributed by atoms with Crippen LogP contribution in [0, 0.1) is 0 Å². The molecule has 2 N–H and O–H groups in total. The SMILES string of the molecule is O=C(C[C@@H]1SC(=O)NC1=O)Nc1cc(Cl)ccc1Cl. The lowest BCUT2D eigenvalue weighted by molar-refractivity contribution is -0.122. The maximum absolute atomic E-state index is 11.8. The van der Waals surface area contributed by atoms with Gasteiger partial charge in [-0.2, -0.15) is 0 Å². The van der Waals surface area contributed by atoms with Crippen LogP contribution >= 0.6 is 35.0 Å². The van der Waals surface area contributed by atoms with Crippen LogP contribution in [0.1, 0.15) is 6.42 Å². The molecule has 0 aliphatic carbocycles. The minimum absolute atomic E-state index is 0.106. The number of rotatable bonds is 3. The first kappa shape index (κ1) is 14.2. The van der Waals surface area contributed by atoms with Gasteiger partial charge in [0.25, 0.3) is 5.24 Å². The summed E-state index contributed by atoms with van der Waals surface area (Å²) >= 11 is 12.5. The van der Waals surface area contributed by atoms with Crippen molar-refractivity contribution < 1.29 is 14.4 Å². The number of carbonyl (C=O) groups excluding carboxylic acids is 3. The average molecular weight is 319 g/mol. The van der Waals surface area contributed by atoms with Crippen LogP contribution < -0.4 is 10.6 Å². The summed E-state index contributed by atoms with van der Waals surface area (Å²) in [6.07, 6.45) is -0.106. The van der Waals surface area contributed by atoms with Gasteiger partial charge in [0.1, 0.15) is 5.25 Å². The van der Waals surface area contributed by atoms with Gasteiger partial charge in [-0.25, -0.2) is 0 Å². The van der Waals surface area contributed by atoms with Crippen molar-refractivity contribution in [2.45, 2.75) is 11.7 Å². The van der Waals surface area contributed by atoms with Crippen molar-refractivity contribution in [3.8, 4) is 0 Å². The predicted molar refractivity (Wildman–Crippen MR) is 74.6 cm³/mol. The van der Waals surface area contributed by atoms with Gasteiger partial charge in [-0.15, -0.1) is 0 Å². The van der Waals surface area contributed by atoms with Crippen LogP contribution in [-0.4, -0.2) is 22.3 Å². The van der Waals surface area contributed by atoms with E-state index in [1.807, 2.05) is 0 Å². The van der Waals surface area contributed by atoms with Crippen molar-refractivity contribution >= 4 is 57.7 Å². The lowest BCUT2D eigenvalue weighted by Gasteiger charge is -2.09. The highest BCUT2D eigenvalue weighted by Crippen LogP contribution is 2.27. The Hall–Kier alpha value is -1.24. The molecule has 2 rings (SSSR count). The fraction of sp³-hybridized carbons (Fsp3) is 0.182. The van der Waals surface area contributed by atoms with Crippen LogP contribution in [0.5, 0.6) is 0 Å². The lowest BCUT2D eigenvalue weighted by Crippen LogP contribution is -2.27. The molecule has 1 aliphatic heterocycles. The van der Waals surface area contributed by atoms with E-state index in [-0.39, 0.29) is 6.42 Å². The van der Waals surface area contributed by atoms with E-state index in [0.717, 1.165) is 11.8 Å². The summed E-state index contributed by atoms with van der Waals surface area (Å²) in [5.41, 5.74) is 0.369. The van der Waals surface area contributed by atoms with E-state index in [9.17, 15) is 14.4 Å². The van der Waals surface area contributed by atoms with Crippen molar-refractivity contribution in [3.05, 3.63) is 28.2 Å². The molecule has 0 spiro atoms. The van der Waals surface area contributed by atoms with E-state index in [1.165, 1.54) is 6.07 Å². The Kier molecular flexibility index (Phi) is 4.34. The maximum atomic E-state index is 11.8. The minimum atomic E-state index is -0.703. The predicted octanol–water partition coefficient (Wildman–Crippen LogP) is 2.67. The van der Waals surface area contributed by atoms with Gasteiger partial charge in [0.05, 0.1) is 10.7 Å². The summed E-state index contributed by atoms with van der Waals surface area (Å²) in [6.45, 7) is 0. The molecule has 0 saturated carbocycles. The zero-order valence-electron chi connectivity index (χ0n) is 9.41. The molecule has 8 heteroatoms. The summed E-state index contributed by atoms with van der Waals surface area (Å²) in [6, 6.07) is 4.66. The van der Waals surface area contributed by atoms with Crippen molar-refractivity contribution in [1.29, 1.82) is 0 Å². The standard InChI is InChI=1S/C11H8Cl2N2O3S/c12-5-1-2-6(13)7(3-5)14-9(16)4-8-10(17)15-11(18)19-8/h1-3,8H,4H2,(H,14,16)(H,15,17,18)/t8-/m0/s1. The Morgan fingerprint density at radius 3 is 2.74 bits per heavy atom. The van der Waals surface area contributed by atoms with Crippen molar-refractivity contribution in [2.75, 3.05) is 5.32 Å². The lowest BCUT2D eigenvalue weighted by atomic mass is 10.2. The Morgan fingerprint density at radius 1 is 1.37 bits per heavy atom. The molecular formula is C11H8Cl2N2O3S. The summed E-state index contributed by atoms with van der Waals surface area (Å²) in [5, 5.41) is 4.30. The quantitative estimate of drug-likeness (QED) is 0.898. The van der Waals surface area contributed by atoms with Crippen LogP contribution in [-0.2, 0) is 9.59 Å². The highest BCUT2D eigenvalue weighted by Gasteiger charge is 2.33. The molecule has 1 aliphatic rings. The summed E-state index contributed by atoms with van der Waals surface area (Å²) in [4.78, 5) is 34.0. The number of amides is 3. The number of hydrogen-bond donors (Lipinski definition) is 2. The van der Waals surface area contributed by atoms with Gasteiger partial charge < -0.3 is 5.32 Å². The maximum Gasteiger partial charge on any atom is 0.286 e. The highest BCUT2D eigenvalue weighted by molar-refractivity contribution is 8.15. The number of imide groups is 1. The Morgan fingerprint density at radius 2 is 2.11 bits per heavy atom. The third-order valence-electron chi connectivity index (χ3n) is 2.34. The molecule has 3 amide bonds. The van der Waals surface area contributed by atoms with E-state index in [4.69, 9.17) is 23.2 Å². The topological polar surface area (TPSA) is 75.3 Å². The Balaban J connectivity index is 2.00. The fourth-order valence-corrected chi connectivity index (χ4v) is 2.65. The number of nitrogens with one attached hydrogen (secondary N) is 2. The van der Waals surface area contributed by atoms with Gasteiger partial charge in [0.15, 0.2) is 0 Å². The molecular weight excluding hydrogens is 311 g/mol. The zero-order chi connectivity index (χ0) is 14.0. The van der Waals surface area contributed by atoms with Crippen LogP contribution in [0.15, 0.2) is 18.2 Å². The second-order valence-corrected chi connectivity index (χ2v) is 5.78. The molecule has 0 unspecified atom stereocenters. The minimum Gasteiger partial charge on any atom is -0.325 e. The van der Waals surface area contributed by atoms with Crippen molar-refractivity contribution in [1.82, 2.24) is 5.32 Å². The molecule has 1 atom stereocenters. The van der Waals surface area contributed by atoms with E-state index in [0.29, 0.717) is 15.7 Å². The van der Waals surface area contributed by atoms with Crippen molar-refractivity contribution in [2.24, 2.45) is 0 Å². The second-order valence-electron chi connectivity index (χ2n) is 3.76. The van der Waals surface area contributed by atoms with E-state index >= 15 is 0 Å². The molecule has 19 heavy (non-hydrogen) atoms. The number of benzene rings is 1. The number of hydrogen-bond acceptors (Lipinski definition) is 4. The second kappa shape index (κ2) is 5.81. The first-order chi connectivity index (χ1) is 8.95. The molecule has 0 bridgehead atoms. The molecule has 1 aromatic rings. The molecule has 0 aromatic heterocycles. The highest BCUT2D eigenvalue weighted by atomic mass is 35.5. The van der Waals surface area contributed by atoms with Gasteiger partial charge in [0, 0.05) is 11.4 Å². The van der Waals surface area contributed by atoms with Crippen LogP contribution in [0.2, 0.25) is 10.0 Å². The smallest absolute Gasteiger partial charge is 0.286 e. The van der Waals surface area contributed by atoms with Crippen LogP contribution in [0.25, 0.3) is 0 Å². The first-order valence-corrected chi connectivity index (χ1v) is 6.85. The van der Waals surface area contributed by atoms with Crippen molar-refractivity contribution in [3.63, 3.8) is 0 Å². The van der Waals surface area contributed by atoms with E-state index < -0.39 is 22.3 Å². The molecule has 1 heterocycles. The molecule has 1 saturated heterocycles. The molecule has 100 valence electrons. The summed E-state index contributed by atoms with van der Waals surface area (Å²) < 4.78 is 0. The van der Waals surface area contributed by atoms with Gasteiger partial charge >= 0.3 is 0 Å². The molecule has 1 fully saturated rings. The number of carbonyl (C=O) groups is 3. The first-order valence-electron chi connectivity index (χ1n) is 5.22. The zero-order valence-corrected chi connectivity index (χ0v) is 11.7. The van der Waals surface area contributed by atoms with Gasteiger partial charge in [-0.05, 0) is 18.2 Å².